The quantitative estimate of drug-likeness (QED) is 0.408. The van der Waals surface area contributed by atoms with E-state index in [0.717, 1.165) is 13.1 Å². The van der Waals surface area contributed by atoms with Gasteiger partial charge in [-0.05, 0) is 35.2 Å². The van der Waals surface area contributed by atoms with E-state index in [1.807, 2.05) is 0 Å². The first-order valence-electron chi connectivity index (χ1n) is 4.59. The zero-order chi connectivity index (χ0) is 10.7. The van der Waals surface area contributed by atoms with Crippen molar-refractivity contribution >= 4 is 0 Å². The smallest absolute Gasteiger partial charge is 1.00 e. The van der Waals surface area contributed by atoms with Crippen LogP contribution in [-0.4, -0.2) is 76.4 Å². The Morgan fingerprint density at radius 1 is 0.882 bits per heavy atom. The first kappa shape index (κ1) is 36.4. The van der Waals surface area contributed by atoms with Crippen molar-refractivity contribution in [2.24, 2.45) is 0 Å². The number of nitrogens with one attached hydrogen (secondary N) is 1. The van der Waals surface area contributed by atoms with Gasteiger partial charge in [0, 0.05) is 19.6 Å². The molecule has 0 saturated carbocycles. The molecule has 4 nitrogen and oxygen atoms in total. The van der Waals surface area contributed by atoms with Gasteiger partial charge in [-0.2, -0.15) is 0 Å². The van der Waals surface area contributed by atoms with E-state index in [1.54, 1.807) is 7.05 Å². The molecule has 1 radical (unpaired) electrons. The molecule has 0 aliphatic rings. The van der Waals surface area contributed by atoms with E-state index in [1.165, 1.54) is 0 Å². The summed E-state index contributed by atoms with van der Waals surface area (Å²) in [5.74, 6) is 0. The van der Waals surface area contributed by atoms with Gasteiger partial charge in [0.25, 0.3) is 0 Å². The Morgan fingerprint density at radius 3 is 1.24 bits per heavy atom. The van der Waals surface area contributed by atoms with Crippen LogP contribution in [0.4, 0.5) is 0 Å². The molecule has 0 spiro atoms. The molecule has 0 saturated heterocycles. The van der Waals surface area contributed by atoms with Gasteiger partial charge in [-0.3, -0.25) is 0 Å². The van der Waals surface area contributed by atoms with Crippen molar-refractivity contribution in [1.82, 2.24) is 15.1 Å². The van der Waals surface area contributed by atoms with Crippen LogP contribution < -0.4 is 56.3 Å². The van der Waals surface area contributed by atoms with E-state index in [9.17, 15) is 0 Å². The molecule has 0 rings (SSSR count). The fourth-order valence-corrected chi connectivity index (χ4v) is 0.512. The van der Waals surface area contributed by atoms with E-state index < -0.39 is 0 Å². The van der Waals surface area contributed by atoms with Gasteiger partial charge in [0.2, 0.25) is 0 Å². The summed E-state index contributed by atoms with van der Waals surface area (Å²) in [6, 6.07) is 0. The fourth-order valence-electron chi connectivity index (χ4n) is 0.512. The first-order valence-corrected chi connectivity index (χ1v) is 4.59. The van der Waals surface area contributed by atoms with E-state index in [-0.39, 0.29) is 74.9 Å². The number of aliphatic hydroxyl groups is 1. The standard InChI is InChI=1S/C6H16N2.C3H9NO.3BrH.Cr/c1-7(2)5-6-8(3)4;1-4-2-3-5;;;;/h5-6H2,1-4H3;4-5H,2-3H2,1H3;3*1H;/q;;;;;+3/p-3. The molecule has 0 amide bonds. The normalized spacial score (nSPS) is 7.76. The van der Waals surface area contributed by atoms with Crippen molar-refractivity contribution in [2.75, 3.05) is 61.5 Å². The molecule has 0 heterocycles. The maximum Gasteiger partial charge on any atom is 3.00 e. The predicted octanol–water partition coefficient (Wildman–Crippen LogP) is -9.68. The molecule has 8 heteroatoms. The minimum absolute atomic E-state index is 0. The molecule has 0 aromatic rings. The third kappa shape index (κ3) is 57.3. The van der Waals surface area contributed by atoms with Crippen LogP contribution in [-0.2, 0) is 17.4 Å². The Hall–Kier alpha value is 1.81. The topological polar surface area (TPSA) is 38.7 Å². The van der Waals surface area contributed by atoms with Gasteiger partial charge in [0.15, 0.2) is 0 Å². The Bertz CT molecular complexity index is 93.6. The van der Waals surface area contributed by atoms with Gasteiger partial charge in [-0.15, -0.1) is 0 Å². The average Bonchev–Trinajstić information content (AvgIpc) is 2.03. The van der Waals surface area contributed by atoms with Crippen molar-refractivity contribution in [3.8, 4) is 0 Å². The van der Waals surface area contributed by atoms with E-state index >= 15 is 0 Å². The van der Waals surface area contributed by atoms with Crippen LogP contribution in [0, 0.1) is 0 Å². The van der Waals surface area contributed by atoms with Crippen molar-refractivity contribution in [1.29, 1.82) is 0 Å². The summed E-state index contributed by atoms with van der Waals surface area (Å²) in [5, 5.41) is 10.8. The molecule has 17 heavy (non-hydrogen) atoms. The largest absolute Gasteiger partial charge is 3.00 e. The van der Waals surface area contributed by atoms with Gasteiger partial charge < -0.3 is 71.2 Å². The third-order valence-corrected chi connectivity index (χ3v) is 1.36. The summed E-state index contributed by atoms with van der Waals surface area (Å²) in [4.78, 5) is 4.36. The summed E-state index contributed by atoms with van der Waals surface area (Å²) >= 11 is 0. The summed E-state index contributed by atoms with van der Waals surface area (Å²) < 4.78 is 0. The summed E-state index contributed by atoms with van der Waals surface area (Å²) in [6.07, 6.45) is 0. The second-order valence-corrected chi connectivity index (χ2v) is 3.43. The number of likely N-dealkylation sites (N-methyl/N-ethyl adjacent to an activating group) is 3. The first-order chi connectivity index (χ1) is 6.04. The van der Waals surface area contributed by atoms with Crippen LogP contribution >= 0.6 is 0 Å². The minimum atomic E-state index is 0. The number of halogens is 3. The maximum atomic E-state index is 8.00. The number of rotatable bonds is 5. The minimum Gasteiger partial charge on any atom is -1.00 e. The number of nitrogens with zero attached hydrogens (tertiary/aromatic N) is 2. The molecule has 0 aromatic heterocycles. The van der Waals surface area contributed by atoms with E-state index in [0.29, 0.717) is 6.54 Å². The SMILES string of the molecule is CN(C)CCN(C)C.CNCCO.[Br-].[Br-].[Br-].[Cr+3]. The molecular weight excluding hydrogens is 458 g/mol. The zero-order valence-corrected chi connectivity index (χ0v) is 17.2. The molecule has 0 aliphatic heterocycles. The van der Waals surface area contributed by atoms with Crippen molar-refractivity contribution in [3.63, 3.8) is 0 Å². The monoisotopic (exact) mass is 480 g/mol. The molecule has 0 fully saturated rings. The van der Waals surface area contributed by atoms with Crippen molar-refractivity contribution in [3.05, 3.63) is 0 Å². The van der Waals surface area contributed by atoms with Crippen molar-refractivity contribution < 1.29 is 73.4 Å². The Labute approximate surface area is 149 Å². The molecule has 0 aliphatic carbocycles. The Morgan fingerprint density at radius 2 is 1.18 bits per heavy atom. The van der Waals surface area contributed by atoms with Crippen LogP contribution in [0.5, 0.6) is 0 Å². The number of aliphatic hydroxyl groups excluding tert-OH is 1. The van der Waals surface area contributed by atoms with Gasteiger partial charge >= 0.3 is 17.4 Å². The van der Waals surface area contributed by atoms with Crippen LogP contribution in [0.1, 0.15) is 0 Å². The molecular formula is C9H25Br3CrN3O. The maximum absolute atomic E-state index is 8.00. The molecule has 2 N–H and O–H groups in total. The van der Waals surface area contributed by atoms with Crippen LogP contribution in [0.25, 0.3) is 0 Å². The number of hydrogen-bond acceptors (Lipinski definition) is 4. The van der Waals surface area contributed by atoms with E-state index in [2.05, 4.69) is 43.3 Å². The van der Waals surface area contributed by atoms with Gasteiger partial charge in [0.1, 0.15) is 0 Å². The van der Waals surface area contributed by atoms with Gasteiger partial charge in [-0.1, -0.05) is 0 Å². The molecule has 109 valence electrons. The van der Waals surface area contributed by atoms with Gasteiger partial charge in [0.05, 0.1) is 6.61 Å². The molecule has 0 atom stereocenters. The fraction of sp³-hybridized carbons (Fsp3) is 1.00. The second-order valence-electron chi connectivity index (χ2n) is 3.43. The average molecular weight is 483 g/mol. The van der Waals surface area contributed by atoms with Crippen LogP contribution in [0.2, 0.25) is 0 Å². The van der Waals surface area contributed by atoms with Crippen LogP contribution in [0.15, 0.2) is 0 Å². The molecule has 0 aromatic carbocycles. The Balaban J connectivity index is -0.0000000306. The van der Waals surface area contributed by atoms with Crippen LogP contribution in [0.3, 0.4) is 0 Å². The van der Waals surface area contributed by atoms with Gasteiger partial charge in [-0.25, -0.2) is 0 Å². The summed E-state index contributed by atoms with van der Waals surface area (Å²) in [5.41, 5.74) is 0. The summed E-state index contributed by atoms with van der Waals surface area (Å²) in [6.45, 7) is 3.22. The molecule has 0 unspecified atom stereocenters. The zero-order valence-electron chi connectivity index (χ0n) is 11.2. The predicted molar refractivity (Wildman–Crippen MR) is 58.1 cm³/mol. The van der Waals surface area contributed by atoms with E-state index in [4.69, 9.17) is 5.11 Å². The third-order valence-electron chi connectivity index (χ3n) is 1.36. The summed E-state index contributed by atoms with van der Waals surface area (Å²) in [7, 11) is 10.1. The number of hydrogen-bond donors (Lipinski definition) is 2. The Kier molecular flexibility index (Phi) is 65.6. The second kappa shape index (κ2) is 30.7. The van der Waals surface area contributed by atoms with Crippen molar-refractivity contribution in [2.45, 2.75) is 0 Å². The molecule has 0 bridgehead atoms.